The van der Waals surface area contributed by atoms with Gasteiger partial charge in [0.05, 0.1) is 11.5 Å². The van der Waals surface area contributed by atoms with Gasteiger partial charge < -0.3 is 10.2 Å². The molecule has 0 spiro atoms. The van der Waals surface area contributed by atoms with E-state index in [0.29, 0.717) is 12.2 Å². The van der Waals surface area contributed by atoms with Crippen molar-refractivity contribution in [3.05, 3.63) is 28.2 Å². The van der Waals surface area contributed by atoms with Gasteiger partial charge in [0.15, 0.2) is 9.84 Å². The maximum Gasteiger partial charge on any atom is 0.152 e. The highest BCUT2D eigenvalue weighted by Crippen LogP contribution is 2.29. The van der Waals surface area contributed by atoms with Crippen molar-refractivity contribution in [1.29, 1.82) is 0 Å². The Balaban J connectivity index is 2.18. The monoisotopic (exact) mass is 374 g/mol. The van der Waals surface area contributed by atoms with E-state index >= 15 is 0 Å². The Bertz CT molecular complexity index is 589. The minimum Gasteiger partial charge on any atom is -0.370 e. The van der Waals surface area contributed by atoms with Gasteiger partial charge >= 0.3 is 0 Å². The molecule has 4 nitrogen and oxygen atoms in total. The maximum absolute atomic E-state index is 11.7. The molecular formula is C15H23BrN2O2S. The quantitative estimate of drug-likeness (QED) is 0.777. The molecule has 1 aromatic carbocycles. The van der Waals surface area contributed by atoms with Crippen LogP contribution in [-0.2, 0) is 16.4 Å². The summed E-state index contributed by atoms with van der Waals surface area (Å²) in [6.45, 7) is 3.93. The Labute approximate surface area is 136 Å². The second-order valence-corrected chi connectivity index (χ2v) is 8.76. The van der Waals surface area contributed by atoms with E-state index in [4.69, 9.17) is 0 Å². The molecule has 0 amide bonds. The van der Waals surface area contributed by atoms with Crippen molar-refractivity contribution >= 4 is 31.5 Å². The van der Waals surface area contributed by atoms with E-state index in [1.807, 2.05) is 13.1 Å². The molecular weight excluding hydrogens is 352 g/mol. The molecule has 1 fully saturated rings. The van der Waals surface area contributed by atoms with Crippen LogP contribution in [0.25, 0.3) is 0 Å². The number of nitrogens with zero attached hydrogens (tertiary/aromatic N) is 1. The number of hydrogen-bond acceptors (Lipinski definition) is 4. The molecule has 21 heavy (non-hydrogen) atoms. The van der Waals surface area contributed by atoms with Gasteiger partial charge in [-0.25, -0.2) is 8.42 Å². The summed E-state index contributed by atoms with van der Waals surface area (Å²) in [4.78, 5) is 2.12. The molecule has 1 aliphatic heterocycles. The summed E-state index contributed by atoms with van der Waals surface area (Å²) in [5.74, 6) is 0.567. The van der Waals surface area contributed by atoms with Crippen LogP contribution >= 0.6 is 15.9 Å². The number of rotatable bonds is 6. The van der Waals surface area contributed by atoms with Crippen molar-refractivity contribution in [2.75, 3.05) is 30.0 Å². The molecule has 0 bridgehead atoms. The first kappa shape index (κ1) is 16.8. The van der Waals surface area contributed by atoms with Crippen LogP contribution in [0.5, 0.6) is 0 Å². The molecule has 118 valence electrons. The Kier molecular flexibility index (Phi) is 5.68. The predicted molar refractivity (Wildman–Crippen MR) is 91.6 cm³/mol. The average molecular weight is 375 g/mol. The highest BCUT2D eigenvalue weighted by Gasteiger charge is 2.31. The highest BCUT2D eigenvalue weighted by atomic mass is 79.9. The largest absolute Gasteiger partial charge is 0.370 e. The molecule has 0 radical (unpaired) electrons. The van der Waals surface area contributed by atoms with E-state index in [1.165, 1.54) is 5.56 Å². The normalized spacial score (nSPS) is 20.6. The van der Waals surface area contributed by atoms with Crippen LogP contribution in [0.15, 0.2) is 22.7 Å². The first-order valence-corrected chi connectivity index (χ1v) is 9.97. The van der Waals surface area contributed by atoms with Crippen molar-refractivity contribution in [3.8, 4) is 0 Å². The smallest absolute Gasteiger partial charge is 0.152 e. The molecule has 1 aromatic rings. The van der Waals surface area contributed by atoms with Crippen LogP contribution < -0.4 is 10.2 Å². The van der Waals surface area contributed by atoms with Crippen molar-refractivity contribution in [2.45, 2.75) is 32.4 Å². The standard InChI is InChI=1S/C15H23BrN2O2S/c1-3-7-17-10-12-4-5-13(16)9-15(12)18(2)14-6-8-21(19,20)11-14/h4-5,9,14,17H,3,6-8,10-11H2,1-2H3. The SMILES string of the molecule is CCCNCc1ccc(Br)cc1N(C)C1CCS(=O)(=O)C1. The summed E-state index contributed by atoms with van der Waals surface area (Å²) in [6.07, 6.45) is 1.82. The van der Waals surface area contributed by atoms with E-state index in [-0.39, 0.29) is 11.8 Å². The van der Waals surface area contributed by atoms with Crippen LogP contribution in [-0.4, -0.2) is 39.6 Å². The molecule has 1 saturated heterocycles. The summed E-state index contributed by atoms with van der Waals surface area (Å²) >= 11 is 3.51. The summed E-state index contributed by atoms with van der Waals surface area (Å²) in [6, 6.07) is 6.29. The van der Waals surface area contributed by atoms with Gasteiger partial charge in [-0.1, -0.05) is 28.9 Å². The molecule has 1 heterocycles. The summed E-state index contributed by atoms with van der Waals surface area (Å²) in [7, 11) is -0.865. The highest BCUT2D eigenvalue weighted by molar-refractivity contribution is 9.10. The fraction of sp³-hybridized carbons (Fsp3) is 0.600. The Morgan fingerprint density at radius 1 is 1.43 bits per heavy atom. The third kappa shape index (κ3) is 4.44. The average Bonchev–Trinajstić information content (AvgIpc) is 2.80. The van der Waals surface area contributed by atoms with Crippen LogP contribution in [0.3, 0.4) is 0 Å². The lowest BCUT2D eigenvalue weighted by Gasteiger charge is -2.28. The second-order valence-electron chi connectivity index (χ2n) is 5.62. The van der Waals surface area contributed by atoms with E-state index in [0.717, 1.165) is 29.7 Å². The summed E-state index contributed by atoms with van der Waals surface area (Å²) in [5, 5.41) is 3.41. The van der Waals surface area contributed by atoms with E-state index < -0.39 is 9.84 Å². The number of sulfone groups is 1. The predicted octanol–water partition coefficient (Wildman–Crippen LogP) is 2.57. The molecule has 1 N–H and O–H groups in total. The zero-order valence-corrected chi connectivity index (χ0v) is 15.0. The molecule has 6 heteroatoms. The number of hydrogen-bond donors (Lipinski definition) is 1. The molecule has 1 atom stereocenters. The Morgan fingerprint density at radius 3 is 2.81 bits per heavy atom. The lowest BCUT2D eigenvalue weighted by molar-refractivity contribution is 0.600. The van der Waals surface area contributed by atoms with Crippen molar-refractivity contribution in [2.24, 2.45) is 0 Å². The van der Waals surface area contributed by atoms with E-state index in [9.17, 15) is 8.42 Å². The Hall–Kier alpha value is -0.590. The van der Waals surface area contributed by atoms with Crippen LogP contribution in [0, 0.1) is 0 Å². The fourth-order valence-corrected chi connectivity index (χ4v) is 4.82. The van der Waals surface area contributed by atoms with Crippen LogP contribution in [0.4, 0.5) is 5.69 Å². The molecule has 2 rings (SSSR count). The zero-order chi connectivity index (χ0) is 15.5. The van der Waals surface area contributed by atoms with Crippen molar-refractivity contribution in [3.63, 3.8) is 0 Å². The van der Waals surface area contributed by atoms with Crippen LogP contribution in [0.2, 0.25) is 0 Å². The Morgan fingerprint density at radius 2 is 2.19 bits per heavy atom. The maximum atomic E-state index is 11.7. The molecule has 0 aliphatic carbocycles. The first-order chi connectivity index (χ1) is 9.93. The van der Waals surface area contributed by atoms with Crippen molar-refractivity contribution in [1.82, 2.24) is 5.32 Å². The minimum absolute atomic E-state index is 0.0780. The van der Waals surface area contributed by atoms with Gasteiger partial charge in [0, 0.05) is 29.8 Å². The second kappa shape index (κ2) is 7.11. The van der Waals surface area contributed by atoms with E-state index in [1.54, 1.807) is 0 Å². The lowest BCUT2D eigenvalue weighted by atomic mass is 10.1. The van der Waals surface area contributed by atoms with E-state index in [2.05, 4.69) is 45.2 Å². The topological polar surface area (TPSA) is 49.4 Å². The van der Waals surface area contributed by atoms with Crippen LogP contribution in [0.1, 0.15) is 25.3 Å². The summed E-state index contributed by atoms with van der Waals surface area (Å²) in [5.41, 5.74) is 2.31. The third-order valence-corrected chi connectivity index (χ3v) is 6.17. The zero-order valence-electron chi connectivity index (χ0n) is 12.6. The van der Waals surface area contributed by atoms with Gasteiger partial charge in [-0.05, 0) is 37.1 Å². The number of anilines is 1. The number of halogens is 1. The van der Waals surface area contributed by atoms with Gasteiger partial charge in [0.25, 0.3) is 0 Å². The third-order valence-electron chi connectivity index (χ3n) is 3.93. The fourth-order valence-electron chi connectivity index (χ4n) is 2.69. The molecule has 1 unspecified atom stereocenters. The first-order valence-electron chi connectivity index (χ1n) is 7.35. The summed E-state index contributed by atoms with van der Waals surface area (Å²) < 4.78 is 24.4. The number of benzene rings is 1. The van der Waals surface area contributed by atoms with Gasteiger partial charge in [-0.3, -0.25) is 0 Å². The molecule has 1 aliphatic rings. The van der Waals surface area contributed by atoms with Gasteiger partial charge in [0.1, 0.15) is 0 Å². The van der Waals surface area contributed by atoms with Gasteiger partial charge in [-0.15, -0.1) is 0 Å². The van der Waals surface area contributed by atoms with Gasteiger partial charge in [0.2, 0.25) is 0 Å². The molecule has 0 saturated carbocycles. The minimum atomic E-state index is -2.86. The number of nitrogens with one attached hydrogen (secondary N) is 1. The van der Waals surface area contributed by atoms with Gasteiger partial charge in [-0.2, -0.15) is 0 Å². The van der Waals surface area contributed by atoms with Crippen molar-refractivity contribution < 1.29 is 8.42 Å². The molecule has 0 aromatic heterocycles. The lowest BCUT2D eigenvalue weighted by Crippen LogP contribution is -2.33.